The van der Waals surface area contributed by atoms with Crippen molar-refractivity contribution in [2.75, 3.05) is 13.1 Å². The molecule has 0 amide bonds. The van der Waals surface area contributed by atoms with Crippen LogP contribution in [-0.2, 0) is 6.54 Å². The van der Waals surface area contributed by atoms with Crippen LogP contribution in [0.4, 0.5) is 0 Å². The highest BCUT2D eigenvalue weighted by Crippen LogP contribution is 2.07. The lowest BCUT2D eigenvalue weighted by Gasteiger charge is -2.05. The Hall–Kier alpha value is -0.830. The van der Waals surface area contributed by atoms with E-state index in [1.807, 2.05) is 23.1 Å². The van der Waals surface area contributed by atoms with E-state index in [0.29, 0.717) is 0 Å². The third-order valence-corrected chi connectivity index (χ3v) is 3.51. The number of hydrogen-bond donors (Lipinski definition) is 1. The summed E-state index contributed by atoms with van der Waals surface area (Å²) in [5, 5.41) is 7.71. The molecule has 0 aliphatic rings. The molecule has 0 aliphatic carbocycles. The lowest BCUT2D eigenvalue weighted by Crippen LogP contribution is -2.18. The maximum Gasteiger partial charge on any atom is 0.0489 e. The number of nitrogens with zero attached hydrogens (tertiary/aromatic N) is 2. The molecular formula is C16H31N3. The zero-order valence-corrected chi connectivity index (χ0v) is 12.6. The number of unbranched alkanes of at least 4 members (excludes halogenated alkanes) is 7. The Balaban J connectivity index is 1.72. The standard InChI is InChI=1S/C16H31N3/c1-2-3-4-5-6-7-8-9-12-17-13-10-15-19-16-11-14-18-19/h11,14,16-17H,2-10,12-13,15H2,1H3. The molecule has 0 atom stereocenters. The van der Waals surface area contributed by atoms with Crippen molar-refractivity contribution in [2.24, 2.45) is 0 Å². The zero-order chi connectivity index (χ0) is 13.6. The molecule has 0 saturated carbocycles. The van der Waals surface area contributed by atoms with Gasteiger partial charge in [-0.2, -0.15) is 5.10 Å². The molecule has 1 N–H and O–H groups in total. The first-order valence-electron chi connectivity index (χ1n) is 8.11. The van der Waals surface area contributed by atoms with Gasteiger partial charge in [-0.3, -0.25) is 4.68 Å². The van der Waals surface area contributed by atoms with Crippen LogP contribution in [0, 0.1) is 0 Å². The van der Waals surface area contributed by atoms with Gasteiger partial charge in [0.15, 0.2) is 0 Å². The number of aryl methyl sites for hydroxylation is 1. The fourth-order valence-corrected chi connectivity index (χ4v) is 2.31. The van der Waals surface area contributed by atoms with E-state index >= 15 is 0 Å². The Morgan fingerprint density at radius 2 is 1.58 bits per heavy atom. The molecule has 1 aromatic rings. The molecule has 3 heteroatoms. The Labute approximate surface area is 118 Å². The van der Waals surface area contributed by atoms with Gasteiger partial charge in [0.1, 0.15) is 0 Å². The van der Waals surface area contributed by atoms with E-state index in [2.05, 4.69) is 17.3 Å². The van der Waals surface area contributed by atoms with Crippen LogP contribution < -0.4 is 5.32 Å². The second kappa shape index (κ2) is 12.2. The zero-order valence-electron chi connectivity index (χ0n) is 12.6. The second-order valence-corrected chi connectivity index (χ2v) is 5.35. The normalized spacial score (nSPS) is 11.0. The SMILES string of the molecule is CCCCCCCCCCNCCCn1cccn1. The quantitative estimate of drug-likeness (QED) is 0.546. The molecule has 0 aliphatic heterocycles. The fourth-order valence-electron chi connectivity index (χ4n) is 2.31. The van der Waals surface area contributed by atoms with Crippen molar-refractivity contribution < 1.29 is 0 Å². The number of aromatic nitrogens is 2. The van der Waals surface area contributed by atoms with Crippen LogP contribution in [0.1, 0.15) is 64.7 Å². The highest BCUT2D eigenvalue weighted by Gasteiger charge is 1.93. The van der Waals surface area contributed by atoms with E-state index < -0.39 is 0 Å². The molecule has 0 saturated heterocycles. The van der Waals surface area contributed by atoms with E-state index in [1.165, 1.54) is 64.3 Å². The van der Waals surface area contributed by atoms with E-state index in [0.717, 1.165) is 13.1 Å². The van der Waals surface area contributed by atoms with Gasteiger partial charge < -0.3 is 5.32 Å². The van der Waals surface area contributed by atoms with Crippen molar-refractivity contribution >= 4 is 0 Å². The number of nitrogens with one attached hydrogen (secondary N) is 1. The summed E-state index contributed by atoms with van der Waals surface area (Å²) in [6.45, 7) is 5.58. The molecule has 0 fully saturated rings. The summed E-state index contributed by atoms with van der Waals surface area (Å²) in [5.41, 5.74) is 0. The van der Waals surface area contributed by atoms with Crippen molar-refractivity contribution in [3.8, 4) is 0 Å². The average Bonchev–Trinajstić information content (AvgIpc) is 2.93. The van der Waals surface area contributed by atoms with Gasteiger partial charge in [-0.15, -0.1) is 0 Å². The van der Waals surface area contributed by atoms with Crippen molar-refractivity contribution in [2.45, 2.75) is 71.3 Å². The van der Waals surface area contributed by atoms with Gasteiger partial charge in [0, 0.05) is 18.9 Å². The van der Waals surface area contributed by atoms with Gasteiger partial charge >= 0.3 is 0 Å². The topological polar surface area (TPSA) is 29.9 Å². The van der Waals surface area contributed by atoms with Crippen molar-refractivity contribution in [1.82, 2.24) is 15.1 Å². The van der Waals surface area contributed by atoms with Crippen LogP contribution in [0.5, 0.6) is 0 Å². The molecule has 0 aromatic carbocycles. The summed E-state index contributed by atoms with van der Waals surface area (Å²) in [6.07, 6.45) is 16.2. The molecule has 0 spiro atoms. The Morgan fingerprint density at radius 3 is 2.26 bits per heavy atom. The maximum atomic E-state index is 4.19. The Kier molecular flexibility index (Phi) is 10.4. The highest BCUT2D eigenvalue weighted by molar-refractivity contribution is 4.77. The van der Waals surface area contributed by atoms with Crippen LogP contribution >= 0.6 is 0 Å². The minimum absolute atomic E-state index is 1.03. The number of hydrogen-bond acceptors (Lipinski definition) is 2. The molecular weight excluding hydrogens is 234 g/mol. The van der Waals surface area contributed by atoms with E-state index in [9.17, 15) is 0 Å². The van der Waals surface area contributed by atoms with Crippen LogP contribution in [0.15, 0.2) is 18.5 Å². The smallest absolute Gasteiger partial charge is 0.0489 e. The first-order valence-corrected chi connectivity index (χ1v) is 8.11. The van der Waals surface area contributed by atoms with Gasteiger partial charge in [0.25, 0.3) is 0 Å². The number of rotatable bonds is 13. The summed E-state index contributed by atoms with van der Waals surface area (Å²) >= 11 is 0. The summed E-state index contributed by atoms with van der Waals surface area (Å²) in [7, 11) is 0. The third kappa shape index (κ3) is 9.71. The van der Waals surface area contributed by atoms with Crippen molar-refractivity contribution in [1.29, 1.82) is 0 Å². The first-order chi connectivity index (χ1) is 9.43. The van der Waals surface area contributed by atoms with E-state index in [4.69, 9.17) is 0 Å². The summed E-state index contributed by atoms with van der Waals surface area (Å²) in [5.74, 6) is 0. The van der Waals surface area contributed by atoms with Gasteiger partial charge in [0.05, 0.1) is 0 Å². The second-order valence-electron chi connectivity index (χ2n) is 5.35. The Morgan fingerprint density at radius 1 is 0.895 bits per heavy atom. The molecule has 1 heterocycles. The minimum Gasteiger partial charge on any atom is -0.317 e. The summed E-state index contributed by atoms with van der Waals surface area (Å²) in [4.78, 5) is 0. The van der Waals surface area contributed by atoms with Gasteiger partial charge in [-0.05, 0) is 32.0 Å². The predicted octanol–water partition coefficient (Wildman–Crippen LogP) is 4.00. The fraction of sp³-hybridized carbons (Fsp3) is 0.812. The lowest BCUT2D eigenvalue weighted by molar-refractivity contribution is 0.522. The summed E-state index contributed by atoms with van der Waals surface area (Å²) < 4.78 is 2.00. The maximum absolute atomic E-state index is 4.19. The van der Waals surface area contributed by atoms with Crippen LogP contribution in [0.25, 0.3) is 0 Å². The largest absolute Gasteiger partial charge is 0.317 e. The molecule has 3 nitrogen and oxygen atoms in total. The summed E-state index contributed by atoms with van der Waals surface area (Å²) in [6, 6.07) is 1.98. The average molecular weight is 265 g/mol. The lowest BCUT2D eigenvalue weighted by atomic mass is 10.1. The Bertz CT molecular complexity index is 270. The highest BCUT2D eigenvalue weighted by atomic mass is 15.3. The molecule has 1 aromatic heterocycles. The van der Waals surface area contributed by atoms with Gasteiger partial charge in [-0.1, -0.05) is 51.9 Å². The molecule has 19 heavy (non-hydrogen) atoms. The molecule has 0 radical (unpaired) electrons. The molecule has 0 bridgehead atoms. The van der Waals surface area contributed by atoms with E-state index in [1.54, 1.807) is 0 Å². The van der Waals surface area contributed by atoms with Crippen LogP contribution in [0.3, 0.4) is 0 Å². The predicted molar refractivity (Wildman–Crippen MR) is 82.3 cm³/mol. The molecule has 110 valence electrons. The van der Waals surface area contributed by atoms with Gasteiger partial charge in [0.2, 0.25) is 0 Å². The van der Waals surface area contributed by atoms with Crippen molar-refractivity contribution in [3.63, 3.8) is 0 Å². The minimum atomic E-state index is 1.03. The first kappa shape index (κ1) is 16.2. The molecule has 0 unspecified atom stereocenters. The van der Waals surface area contributed by atoms with E-state index in [-0.39, 0.29) is 0 Å². The van der Waals surface area contributed by atoms with Crippen LogP contribution in [0.2, 0.25) is 0 Å². The van der Waals surface area contributed by atoms with Crippen molar-refractivity contribution in [3.05, 3.63) is 18.5 Å². The molecule has 1 rings (SSSR count). The third-order valence-electron chi connectivity index (χ3n) is 3.51. The monoisotopic (exact) mass is 265 g/mol. The van der Waals surface area contributed by atoms with Gasteiger partial charge in [-0.25, -0.2) is 0 Å². The van der Waals surface area contributed by atoms with Crippen LogP contribution in [-0.4, -0.2) is 22.9 Å².